The standard InChI is InChI=1S/C12H21N3OS/c1-4-12(3)7-17-11(15-12)13-8(2)10(16)14-9-5-6-9/h8-9H,4-7H2,1-3H3,(H,13,15)(H,14,16). The van der Waals surface area contributed by atoms with Crippen molar-refractivity contribution in [2.45, 2.75) is 57.7 Å². The monoisotopic (exact) mass is 255 g/mol. The molecule has 1 saturated heterocycles. The highest BCUT2D eigenvalue weighted by atomic mass is 32.2. The third-order valence-electron chi connectivity index (χ3n) is 3.33. The molecule has 0 aromatic heterocycles. The van der Waals surface area contributed by atoms with Crippen molar-refractivity contribution in [3.63, 3.8) is 0 Å². The molecule has 1 amide bonds. The van der Waals surface area contributed by atoms with Crippen LogP contribution in [0.1, 0.15) is 40.0 Å². The smallest absolute Gasteiger partial charge is 0.244 e. The number of rotatable bonds is 4. The largest absolute Gasteiger partial charge is 0.359 e. The number of nitrogens with zero attached hydrogens (tertiary/aromatic N) is 1. The van der Waals surface area contributed by atoms with Gasteiger partial charge in [-0.3, -0.25) is 4.79 Å². The maximum atomic E-state index is 11.8. The van der Waals surface area contributed by atoms with E-state index in [-0.39, 0.29) is 17.5 Å². The van der Waals surface area contributed by atoms with Gasteiger partial charge in [0, 0.05) is 17.3 Å². The molecule has 17 heavy (non-hydrogen) atoms. The molecule has 96 valence electrons. The lowest BCUT2D eigenvalue weighted by Crippen LogP contribution is -2.40. The van der Waals surface area contributed by atoms with Gasteiger partial charge in [-0.1, -0.05) is 18.7 Å². The molecule has 1 saturated carbocycles. The van der Waals surface area contributed by atoms with Crippen LogP contribution in [0.4, 0.5) is 0 Å². The van der Waals surface area contributed by atoms with E-state index in [0.717, 1.165) is 30.2 Å². The average molecular weight is 255 g/mol. The molecule has 2 rings (SSSR count). The molecule has 0 bridgehead atoms. The van der Waals surface area contributed by atoms with Crippen molar-refractivity contribution in [1.29, 1.82) is 0 Å². The third kappa shape index (κ3) is 3.37. The molecule has 2 atom stereocenters. The summed E-state index contributed by atoms with van der Waals surface area (Å²) in [6, 6.07) is 0.125. The molecule has 4 nitrogen and oxygen atoms in total. The number of amidine groups is 1. The number of aliphatic imine (C=N–C) groups is 1. The van der Waals surface area contributed by atoms with E-state index in [0.29, 0.717) is 6.04 Å². The van der Waals surface area contributed by atoms with Gasteiger partial charge in [0.1, 0.15) is 6.04 Å². The van der Waals surface area contributed by atoms with Crippen LogP contribution < -0.4 is 10.6 Å². The zero-order chi connectivity index (χ0) is 12.5. The summed E-state index contributed by atoms with van der Waals surface area (Å²) >= 11 is 1.71. The fourth-order valence-corrected chi connectivity index (χ4v) is 2.88. The van der Waals surface area contributed by atoms with Gasteiger partial charge in [-0.2, -0.15) is 0 Å². The maximum Gasteiger partial charge on any atom is 0.244 e. The molecule has 2 aliphatic rings. The van der Waals surface area contributed by atoms with Gasteiger partial charge < -0.3 is 10.6 Å². The Bertz CT molecular complexity index is 341. The third-order valence-corrected chi connectivity index (χ3v) is 4.59. The van der Waals surface area contributed by atoms with Crippen molar-refractivity contribution in [3.05, 3.63) is 0 Å². The van der Waals surface area contributed by atoms with E-state index in [4.69, 9.17) is 0 Å². The number of hydrogen-bond acceptors (Lipinski definition) is 3. The molecule has 2 fully saturated rings. The fourth-order valence-electron chi connectivity index (χ4n) is 1.60. The topological polar surface area (TPSA) is 53.5 Å². The number of nitrogens with one attached hydrogen (secondary N) is 2. The summed E-state index contributed by atoms with van der Waals surface area (Å²) in [5, 5.41) is 7.29. The van der Waals surface area contributed by atoms with E-state index < -0.39 is 0 Å². The van der Waals surface area contributed by atoms with E-state index in [9.17, 15) is 4.79 Å². The first-order valence-corrected chi connectivity index (χ1v) is 7.30. The summed E-state index contributed by atoms with van der Waals surface area (Å²) in [5.41, 5.74) is 0.135. The van der Waals surface area contributed by atoms with E-state index in [1.165, 1.54) is 0 Å². The molecule has 2 N–H and O–H groups in total. The molecular weight excluding hydrogens is 234 g/mol. The van der Waals surface area contributed by atoms with E-state index >= 15 is 0 Å². The van der Waals surface area contributed by atoms with Crippen LogP contribution in [0.25, 0.3) is 0 Å². The van der Waals surface area contributed by atoms with Gasteiger partial charge in [-0.05, 0) is 33.1 Å². The van der Waals surface area contributed by atoms with Crippen molar-refractivity contribution in [3.8, 4) is 0 Å². The molecule has 1 aliphatic heterocycles. The summed E-state index contributed by atoms with van der Waals surface area (Å²) in [4.78, 5) is 16.2. The SMILES string of the molecule is CCC1(C)CSC(=NC(C)C(=O)NC2CC2)N1. The molecular formula is C12H21N3OS. The predicted octanol–water partition coefficient (Wildman–Crippen LogP) is 1.51. The second kappa shape index (κ2) is 4.88. The van der Waals surface area contributed by atoms with Gasteiger partial charge in [0.15, 0.2) is 5.17 Å². The van der Waals surface area contributed by atoms with Crippen molar-refractivity contribution in [1.82, 2.24) is 10.6 Å². The first-order valence-electron chi connectivity index (χ1n) is 6.31. The second-order valence-corrected chi connectivity index (χ2v) is 6.19. The summed E-state index contributed by atoms with van der Waals surface area (Å²) in [5.74, 6) is 1.08. The quantitative estimate of drug-likeness (QED) is 0.801. The van der Waals surface area contributed by atoms with Gasteiger partial charge in [-0.25, -0.2) is 4.99 Å². The van der Waals surface area contributed by atoms with Crippen LogP contribution in [0.2, 0.25) is 0 Å². The molecule has 5 heteroatoms. The Balaban J connectivity index is 1.88. The Morgan fingerprint density at radius 3 is 2.94 bits per heavy atom. The Hall–Kier alpha value is -0.710. The van der Waals surface area contributed by atoms with Crippen LogP contribution in [0, 0.1) is 0 Å². The molecule has 0 radical (unpaired) electrons. The van der Waals surface area contributed by atoms with Gasteiger partial charge >= 0.3 is 0 Å². The Kier molecular flexibility index (Phi) is 3.66. The van der Waals surface area contributed by atoms with Crippen LogP contribution >= 0.6 is 11.8 Å². The number of thioether (sulfide) groups is 1. The minimum Gasteiger partial charge on any atom is -0.359 e. The zero-order valence-corrected chi connectivity index (χ0v) is 11.6. The van der Waals surface area contributed by atoms with Gasteiger partial charge in [0.2, 0.25) is 5.91 Å². The van der Waals surface area contributed by atoms with Crippen LogP contribution in [0.15, 0.2) is 4.99 Å². The normalized spacial score (nSPS) is 32.3. The summed E-state index contributed by atoms with van der Waals surface area (Å²) in [6.45, 7) is 6.21. The number of carbonyl (C=O) groups excluding carboxylic acids is 1. The van der Waals surface area contributed by atoms with Gasteiger partial charge in [-0.15, -0.1) is 0 Å². The van der Waals surface area contributed by atoms with Crippen molar-refractivity contribution in [2.75, 3.05) is 5.75 Å². The Labute approximate surface area is 107 Å². The lowest BCUT2D eigenvalue weighted by Gasteiger charge is -2.21. The molecule has 1 aliphatic carbocycles. The van der Waals surface area contributed by atoms with Gasteiger partial charge in [0.05, 0.1) is 0 Å². The van der Waals surface area contributed by atoms with E-state index in [1.807, 2.05) is 6.92 Å². The number of hydrogen-bond donors (Lipinski definition) is 2. The molecule has 2 unspecified atom stereocenters. The molecule has 0 aromatic rings. The second-order valence-electron chi connectivity index (χ2n) is 5.22. The highest BCUT2D eigenvalue weighted by Crippen LogP contribution is 2.26. The van der Waals surface area contributed by atoms with Crippen LogP contribution in [0.3, 0.4) is 0 Å². The molecule has 1 heterocycles. The average Bonchev–Trinajstić information content (AvgIpc) is 3.02. The van der Waals surface area contributed by atoms with Crippen molar-refractivity contribution in [2.24, 2.45) is 4.99 Å². The van der Waals surface area contributed by atoms with Crippen LogP contribution in [-0.4, -0.2) is 34.5 Å². The fraction of sp³-hybridized carbons (Fsp3) is 0.833. The maximum absolute atomic E-state index is 11.8. The minimum absolute atomic E-state index is 0.0486. The summed E-state index contributed by atoms with van der Waals surface area (Å²) in [7, 11) is 0. The lowest BCUT2D eigenvalue weighted by molar-refractivity contribution is -0.122. The molecule has 0 aromatic carbocycles. The highest BCUT2D eigenvalue weighted by molar-refractivity contribution is 8.14. The predicted molar refractivity (Wildman–Crippen MR) is 72.4 cm³/mol. The number of amides is 1. The molecule has 0 spiro atoms. The summed E-state index contributed by atoms with van der Waals surface area (Å²) in [6.07, 6.45) is 3.31. The number of carbonyl (C=O) groups is 1. The summed E-state index contributed by atoms with van der Waals surface area (Å²) < 4.78 is 0. The van der Waals surface area contributed by atoms with E-state index in [2.05, 4.69) is 29.5 Å². The zero-order valence-electron chi connectivity index (χ0n) is 10.7. The van der Waals surface area contributed by atoms with Crippen molar-refractivity contribution < 1.29 is 4.79 Å². The van der Waals surface area contributed by atoms with E-state index in [1.54, 1.807) is 11.8 Å². The lowest BCUT2D eigenvalue weighted by atomic mass is 10.0. The Morgan fingerprint density at radius 1 is 1.71 bits per heavy atom. The first-order chi connectivity index (χ1) is 8.02. The first kappa shape index (κ1) is 12.7. The van der Waals surface area contributed by atoms with Gasteiger partial charge in [0.25, 0.3) is 0 Å². The minimum atomic E-state index is -0.287. The van der Waals surface area contributed by atoms with Crippen LogP contribution in [0.5, 0.6) is 0 Å². The van der Waals surface area contributed by atoms with Crippen LogP contribution in [-0.2, 0) is 4.79 Å². The Morgan fingerprint density at radius 2 is 2.41 bits per heavy atom. The highest BCUT2D eigenvalue weighted by Gasteiger charge is 2.31. The van der Waals surface area contributed by atoms with Crippen molar-refractivity contribution >= 4 is 22.8 Å².